The van der Waals surface area contributed by atoms with Crippen LogP contribution in [0.5, 0.6) is 0 Å². The summed E-state index contributed by atoms with van der Waals surface area (Å²) < 4.78 is 0. The molecule has 0 unspecified atom stereocenters. The van der Waals surface area contributed by atoms with E-state index >= 15 is 0 Å². The molecular weight excluding hydrogens is 298 g/mol. The summed E-state index contributed by atoms with van der Waals surface area (Å²) in [6.45, 7) is 5.44. The minimum Gasteiger partial charge on any atom is -0.330 e. The Kier molecular flexibility index (Phi) is 4.79. The molecule has 2 rings (SSSR count). The highest BCUT2D eigenvalue weighted by atomic mass is 35.5. The number of hydrogen-bond donors (Lipinski definition) is 1. The fourth-order valence-electron chi connectivity index (χ4n) is 3.18. The van der Waals surface area contributed by atoms with Crippen molar-refractivity contribution in [1.82, 2.24) is 4.90 Å². The van der Waals surface area contributed by atoms with E-state index in [1.165, 1.54) is 0 Å². The third-order valence-electron chi connectivity index (χ3n) is 4.38. The first kappa shape index (κ1) is 16.8. The van der Waals surface area contributed by atoms with E-state index in [1.807, 2.05) is 38.1 Å². The monoisotopic (exact) mass is 319 g/mol. The van der Waals surface area contributed by atoms with Crippen molar-refractivity contribution in [2.24, 2.45) is 11.1 Å². The van der Waals surface area contributed by atoms with Gasteiger partial charge in [-0.05, 0) is 51.3 Å². The Morgan fingerprint density at radius 2 is 2.18 bits per heavy atom. The summed E-state index contributed by atoms with van der Waals surface area (Å²) in [5.74, 6) is -0.115. The van der Waals surface area contributed by atoms with Gasteiger partial charge < -0.3 is 10.6 Å². The lowest BCUT2D eigenvalue weighted by molar-refractivity contribution is -0.137. The van der Waals surface area contributed by atoms with E-state index < -0.39 is 11.5 Å². The summed E-state index contributed by atoms with van der Waals surface area (Å²) in [6, 6.07) is 9.08. The normalized spacial score (nSPS) is 23.2. The van der Waals surface area contributed by atoms with Crippen molar-refractivity contribution in [3.05, 3.63) is 34.9 Å². The number of nitriles is 1. The van der Waals surface area contributed by atoms with Gasteiger partial charge in [-0.3, -0.25) is 4.79 Å². The first-order valence-corrected chi connectivity index (χ1v) is 7.90. The number of hydrogen-bond acceptors (Lipinski definition) is 3. The van der Waals surface area contributed by atoms with Crippen LogP contribution in [0.3, 0.4) is 0 Å². The van der Waals surface area contributed by atoms with Gasteiger partial charge >= 0.3 is 0 Å². The molecule has 1 aromatic rings. The third-order valence-corrected chi connectivity index (χ3v) is 4.62. The van der Waals surface area contributed by atoms with Crippen LogP contribution in [0, 0.1) is 16.7 Å². The van der Waals surface area contributed by atoms with Crippen LogP contribution in [0.1, 0.15) is 45.2 Å². The summed E-state index contributed by atoms with van der Waals surface area (Å²) in [7, 11) is 0. The largest absolute Gasteiger partial charge is 0.330 e. The average Bonchev–Trinajstić information content (AvgIpc) is 2.91. The quantitative estimate of drug-likeness (QED) is 0.929. The van der Waals surface area contributed by atoms with E-state index in [2.05, 4.69) is 6.07 Å². The number of likely N-dealkylation sites (tertiary alicyclic amines) is 1. The number of nitrogens with two attached hydrogens (primary N) is 1. The highest BCUT2D eigenvalue weighted by Crippen LogP contribution is 2.43. The molecule has 5 heteroatoms. The molecule has 0 radical (unpaired) electrons. The van der Waals surface area contributed by atoms with E-state index in [0.717, 1.165) is 18.4 Å². The molecule has 1 aromatic carbocycles. The third kappa shape index (κ3) is 3.11. The molecule has 1 heterocycles. The molecule has 1 saturated heterocycles. The van der Waals surface area contributed by atoms with Crippen LogP contribution in [-0.2, 0) is 4.79 Å². The van der Waals surface area contributed by atoms with Crippen molar-refractivity contribution in [1.29, 1.82) is 5.26 Å². The van der Waals surface area contributed by atoms with Crippen molar-refractivity contribution < 1.29 is 4.79 Å². The van der Waals surface area contributed by atoms with Crippen molar-refractivity contribution in [3.8, 4) is 6.07 Å². The van der Waals surface area contributed by atoms with Gasteiger partial charge in [0, 0.05) is 5.02 Å². The van der Waals surface area contributed by atoms with Crippen LogP contribution in [0.2, 0.25) is 5.02 Å². The molecule has 3 atom stereocenters. The second-order valence-electron chi connectivity index (χ2n) is 6.53. The molecule has 1 aliphatic heterocycles. The van der Waals surface area contributed by atoms with Gasteiger partial charge in [0.05, 0.1) is 29.6 Å². The number of nitrogens with zero attached hydrogens (tertiary/aromatic N) is 2. The Bertz CT molecular complexity index is 606. The molecular formula is C17H22ClN3O. The summed E-state index contributed by atoms with van der Waals surface area (Å²) in [5.41, 5.74) is 6.22. The summed E-state index contributed by atoms with van der Waals surface area (Å²) in [5, 5.41) is 10.1. The van der Waals surface area contributed by atoms with Crippen LogP contribution in [0.25, 0.3) is 0 Å². The van der Waals surface area contributed by atoms with Gasteiger partial charge in [0.25, 0.3) is 0 Å². The Balaban J connectivity index is 2.43. The predicted molar refractivity (Wildman–Crippen MR) is 87.1 cm³/mol. The van der Waals surface area contributed by atoms with Gasteiger partial charge in [0.2, 0.25) is 5.91 Å². The lowest BCUT2D eigenvalue weighted by Gasteiger charge is -2.37. The SMILES string of the molecule is C[C@@H](N)C(=O)N1[C@H](c2cccc(Cl)c2)CC[C@@H]1C(C)(C)C#N. The number of benzene rings is 1. The van der Waals surface area contributed by atoms with E-state index in [9.17, 15) is 10.1 Å². The lowest BCUT2D eigenvalue weighted by atomic mass is 9.84. The molecule has 118 valence electrons. The van der Waals surface area contributed by atoms with Gasteiger partial charge in [-0.25, -0.2) is 0 Å². The maximum absolute atomic E-state index is 12.6. The van der Waals surface area contributed by atoms with Crippen LogP contribution in [0.4, 0.5) is 0 Å². The zero-order valence-electron chi connectivity index (χ0n) is 13.2. The minimum atomic E-state index is -0.613. The van der Waals surface area contributed by atoms with Crippen LogP contribution < -0.4 is 5.73 Å². The molecule has 1 aliphatic rings. The van der Waals surface area contributed by atoms with Gasteiger partial charge in [-0.1, -0.05) is 23.7 Å². The van der Waals surface area contributed by atoms with Crippen molar-refractivity contribution in [3.63, 3.8) is 0 Å². The summed E-state index contributed by atoms with van der Waals surface area (Å²) >= 11 is 6.09. The maximum Gasteiger partial charge on any atom is 0.240 e. The standard InChI is InChI=1S/C17H22ClN3O/c1-11(20)16(22)21-14(12-5-4-6-13(18)9-12)7-8-15(21)17(2,3)10-19/h4-6,9,11,14-15H,7-8,20H2,1-3H3/t11-,14+,15-/m1/s1. The van der Waals surface area contributed by atoms with E-state index in [1.54, 1.807) is 11.8 Å². The molecule has 1 fully saturated rings. The average molecular weight is 320 g/mol. The molecule has 0 saturated carbocycles. The van der Waals surface area contributed by atoms with Gasteiger partial charge in [-0.2, -0.15) is 5.26 Å². The zero-order chi connectivity index (χ0) is 16.5. The highest BCUT2D eigenvalue weighted by Gasteiger charge is 2.45. The molecule has 0 aromatic heterocycles. The van der Waals surface area contributed by atoms with Gasteiger partial charge in [0.15, 0.2) is 0 Å². The highest BCUT2D eigenvalue weighted by molar-refractivity contribution is 6.30. The van der Waals surface area contributed by atoms with E-state index in [4.69, 9.17) is 17.3 Å². The lowest BCUT2D eigenvalue weighted by Crippen LogP contribution is -2.50. The Hall–Kier alpha value is -1.57. The van der Waals surface area contributed by atoms with Crippen LogP contribution in [-0.4, -0.2) is 22.9 Å². The van der Waals surface area contributed by atoms with Crippen LogP contribution in [0.15, 0.2) is 24.3 Å². The summed E-state index contributed by atoms with van der Waals surface area (Å²) in [6.07, 6.45) is 1.60. The van der Waals surface area contributed by atoms with Crippen molar-refractivity contribution >= 4 is 17.5 Å². The van der Waals surface area contributed by atoms with Crippen LogP contribution >= 0.6 is 11.6 Å². The molecule has 1 amide bonds. The smallest absolute Gasteiger partial charge is 0.240 e. The molecule has 0 spiro atoms. The first-order valence-electron chi connectivity index (χ1n) is 7.52. The molecule has 22 heavy (non-hydrogen) atoms. The Labute approximate surface area is 136 Å². The van der Waals surface area contributed by atoms with Gasteiger partial charge in [0.1, 0.15) is 0 Å². The number of halogens is 1. The number of rotatable bonds is 3. The maximum atomic E-state index is 12.6. The number of carbonyl (C=O) groups is 1. The summed E-state index contributed by atoms with van der Waals surface area (Å²) in [4.78, 5) is 14.5. The first-order chi connectivity index (χ1) is 10.3. The second kappa shape index (κ2) is 6.28. The fourth-order valence-corrected chi connectivity index (χ4v) is 3.38. The number of carbonyl (C=O) groups excluding carboxylic acids is 1. The number of amides is 1. The predicted octanol–water partition coefficient (Wildman–Crippen LogP) is 3.27. The van der Waals surface area contributed by atoms with E-state index in [-0.39, 0.29) is 18.0 Å². The molecule has 4 nitrogen and oxygen atoms in total. The molecule has 2 N–H and O–H groups in total. The van der Waals surface area contributed by atoms with Crippen molar-refractivity contribution in [2.45, 2.75) is 51.7 Å². The minimum absolute atomic E-state index is 0.0742. The molecule has 0 bridgehead atoms. The van der Waals surface area contributed by atoms with E-state index in [0.29, 0.717) is 5.02 Å². The Morgan fingerprint density at radius 1 is 1.50 bits per heavy atom. The molecule has 0 aliphatic carbocycles. The van der Waals surface area contributed by atoms with Crippen molar-refractivity contribution in [2.75, 3.05) is 0 Å². The zero-order valence-corrected chi connectivity index (χ0v) is 14.0. The Morgan fingerprint density at radius 3 is 2.73 bits per heavy atom. The van der Waals surface area contributed by atoms with Gasteiger partial charge in [-0.15, -0.1) is 0 Å². The fraction of sp³-hybridized carbons (Fsp3) is 0.529. The second-order valence-corrected chi connectivity index (χ2v) is 6.97. The topological polar surface area (TPSA) is 70.1 Å².